The lowest BCUT2D eigenvalue weighted by Crippen LogP contribution is -2.30. The van der Waals surface area contributed by atoms with Gasteiger partial charge in [0.25, 0.3) is 0 Å². The number of hydrogen-bond acceptors (Lipinski definition) is 3. The zero-order valence-electron chi connectivity index (χ0n) is 12.1. The summed E-state index contributed by atoms with van der Waals surface area (Å²) in [6, 6.07) is 8.69. The second-order valence-electron chi connectivity index (χ2n) is 5.56. The number of ketones is 1. The molecule has 0 amide bonds. The predicted molar refractivity (Wildman–Crippen MR) is 76.4 cm³/mol. The number of Topliss-reactive ketones (excluding diaryl/α,β-unsaturated/α-hetero) is 1. The molecule has 0 N–H and O–H groups in total. The molecule has 0 heterocycles. The van der Waals surface area contributed by atoms with Gasteiger partial charge in [0.15, 0.2) is 0 Å². The maximum absolute atomic E-state index is 11.4. The normalized spacial score (nSPS) is 18.6. The van der Waals surface area contributed by atoms with Gasteiger partial charge in [0.2, 0.25) is 0 Å². The van der Waals surface area contributed by atoms with Crippen LogP contribution >= 0.6 is 0 Å². The Bertz CT molecular complexity index is 415. The van der Waals surface area contributed by atoms with Crippen LogP contribution in [-0.2, 0) is 4.79 Å². The van der Waals surface area contributed by atoms with E-state index in [0.717, 1.165) is 31.4 Å². The standard InChI is InChI=1S/C16H23NO2/c1-17(2)16(12-4-8-14(18)9-5-12)13-6-10-15(19-3)11-7-13/h6-7,10-12,16H,4-5,8-9H2,1-3H3. The van der Waals surface area contributed by atoms with Gasteiger partial charge in [0.1, 0.15) is 11.5 Å². The van der Waals surface area contributed by atoms with E-state index in [4.69, 9.17) is 4.74 Å². The molecule has 104 valence electrons. The Balaban J connectivity index is 2.16. The summed E-state index contributed by atoms with van der Waals surface area (Å²) in [5, 5.41) is 0. The average Bonchev–Trinajstić information content (AvgIpc) is 2.42. The van der Waals surface area contributed by atoms with E-state index in [0.29, 0.717) is 17.7 Å². The van der Waals surface area contributed by atoms with Gasteiger partial charge in [-0.25, -0.2) is 0 Å². The van der Waals surface area contributed by atoms with Crippen molar-refractivity contribution in [2.75, 3.05) is 21.2 Å². The van der Waals surface area contributed by atoms with E-state index in [1.54, 1.807) is 7.11 Å². The highest BCUT2D eigenvalue weighted by atomic mass is 16.5. The molecular formula is C16H23NO2. The van der Waals surface area contributed by atoms with Crippen molar-refractivity contribution in [2.24, 2.45) is 5.92 Å². The molecule has 2 rings (SSSR count). The van der Waals surface area contributed by atoms with Crippen molar-refractivity contribution >= 4 is 5.78 Å². The summed E-state index contributed by atoms with van der Waals surface area (Å²) >= 11 is 0. The number of methoxy groups -OCH3 is 1. The second-order valence-corrected chi connectivity index (χ2v) is 5.56. The Kier molecular flexibility index (Phi) is 4.59. The molecule has 1 aliphatic carbocycles. The van der Waals surface area contributed by atoms with Crippen LogP contribution in [-0.4, -0.2) is 31.9 Å². The van der Waals surface area contributed by atoms with E-state index >= 15 is 0 Å². The lowest BCUT2D eigenvalue weighted by atomic mass is 9.80. The fourth-order valence-electron chi connectivity index (χ4n) is 3.07. The number of ether oxygens (including phenoxy) is 1. The van der Waals surface area contributed by atoms with E-state index in [-0.39, 0.29) is 0 Å². The molecule has 1 aliphatic rings. The molecule has 0 spiro atoms. The van der Waals surface area contributed by atoms with Gasteiger partial charge in [0, 0.05) is 18.9 Å². The molecule has 1 fully saturated rings. The molecule has 0 aromatic heterocycles. The van der Waals surface area contributed by atoms with Gasteiger partial charge >= 0.3 is 0 Å². The van der Waals surface area contributed by atoms with Crippen LogP contribution in [0.2, 0.25) is 0 Å². The first-order chi connectivity index (χ1) is 9.11. The summed E-state index contributed by atoms with van der Waals surface area (Å²) in [6.07, 6.45) is 3.50. The van der Waals surface area contributed by atoms with Gasteiger partial charge in [-0.3, -0.25) is 4.79 Å². The Morgan fingerprint density at radius 2 is 1.74 bits per heavy atom. The molecule has 1 aromatic rings. The lowest BCUT2D eigenvalue weighted by Gasteiger charge is -2.35. The van der Waals surface area contributed by atoms with E-state index in [2.05, 4.69) is 31.1 Å². The van der Waals surface area contributed by atoms with E-state index in [9.17, 15) is 4.79 Å². The van der Waals surface area contributed by atoms with Crippen LogP contribution in [0.5, 0.6) is 5.75 Å². The van der Waals surface area contributed by atoms with Gasteiger partial charge in [0.05, 0.1) is 7.11 Å². The molecule has 1 saturated carbocycles. The number of rotatable bonds is 4. The van der Waals surface area contributed by atoms with Crippen molar-refractivity contribution in [3.8, 4) is 5.75 Å². The first-order valence-corrected chi connectivity index (χ1v) is 6.94. The molecule has 1 unspecified atom stereocenters. The third-order valence-corrected chi connectivity index (χ3v) is 4.05. The third kappa shape index (κ3) is 3.35. The zero-order chi connectivity index (χ0) is 13.8. The van der Waals surface area contributed by atoms with Crippen molar-refractivity contribution in [1.29, 1.82) is 0 Å². The van der Waals surface area contributed by atoms with E-state index < -0.39 is 0 Å². The topological polar surface area (TPSA) is 29.5 Å². The first kappa shape index (κ1) is 14.1. The Morgan fingerprint density at radius 3 is 2.21 bits per heavy atom. The molecule has 19 heavy (non-hydrogen) atoms. The van der Waals surface area contributed by atoms with Crippen LogP contribution < -0.4 is 4.74 Å². The Morgan fingerprint density at radius 1 is 1.16 bits per heavy atom. The van der Waals surface area contributed by atoms with Gasteiger partial charge in [-0.15, -0.1) is 0 Å². The SMILES string of the molecule is COc1ccc(C(C2CCC(=O)CC2)N(C)C)cc1. The van der Waals surface area contributed by atoms with Crippen LogP contribution in [0.3, 0.4) is 0 Å². The van der Waals surface area contributed by atoms with Crippen molar-refractivity contribution in [1.82, 2.24) is 4.90 Å². The monoisotopic (exact) mass is 261 g/mol. The summed E-state index contributed by atoms with van der Waals surface area (Å²) < 4.78 is 5.21. The summed E-state index contributed by atoms with van der Waals surface area (Å²) in [7, 11) is 5.92. The van der Waals surface area contributed by atoms with Crippen LogP contribution in [0.15, 0.2) is 24.3 Å². The second kappa shape index (κ2) is 6.20. The molecule has 1 aromatic carbocycles. The fourth-order valence-corrected chi connectivity index (χ4v) is 3.07. The molecule has 1 atom stereocenters. The number of hydrogen-bond donors (Lipinski definition) is 0. The van der Waals surface area contributed by atoms with Gasteiger partial charge in [-0.05, 0) is 50.6 Å². The highest BCUT2D eigenvalue weighted by Crippen LogP contribution is 2.36. The largest absolute Gasteiger partial charge is 0.497 e. The third-order valence-electron chi connectivity index (χ3n) is 4.05. The lowest BCUT2D eigenvalue weighted by molar-refractivity contribution is -0.121. The molecule has 3 nitrogen and oxygen atoms in total. The fraction of sp³-hybridized carbons (Fsp3) is 0.562. The highest BCUT2D eigenvalue weighted by molar-refractivity contribution is 5.79. The molecule has 3 heteroatoms. The smallest absolute Gasteiger partial charge is 0.132 e. The number of carbonyl (C=O) groups excluding carboxylic acids is 1. The maximum Gasteiger partial charge on any atom is 0.132 e. The van der Waals surface area contributed by atoms with Crippen LogP contribution in [0.1, 0.15) is 37.3 Å². The summed E-state index contributed by atoms with van der Waals surface area (Å²) in [5.41, 5.74) is 1.31. The van der Waals surface area contributed by atoms with Crippen LogP contribution in [0.4, 0.5) is 0 Å². The predicted octanol–water partition coefficient (Wildman–Crippen LogP) is 3.06. The Hall–Kier alpha value is -1.35. The minimum absolute atomic E-state index is 0.388. The highest BCUT2D eigenvalue weighted by Gasteiger charge is 2.28. The van der Waals surface area contributed by atoms with Crippen LogP contribution in [0.25, 0.3) is 0 Å². The number of nitrogens with zero attached hydrogens (tertiary/aromatic N) is 1. The molecule has 0 saturated heterocycles. The van der Waals surface area contributed by atoms with Crippen molar-refractivity contribution in [2.45, 2.75) is 31.7 Å². The average molecular weight is 261 g/mol. The van der Waals surface area contributed by atoms with Crippen molar-refractivity contribution in [3.05, 3.63) is 29.8 Å². The first-order valence-electron chi connectivity index (χ1n) is 6.94. The van der Waals surface area contributed by atoms with Crippen molar-refractivity contribution < 1.29 is 9.53 Å². The summed E-state index contributed by atoms with van der Waals surface area (Å²) in [5.74, 6) is 1.88. The quantitative estimate of drug-likeness (QED) is 0.834. The van der Waals surface area contributed by atoms with Crippen LogP contribution in [0, 0.1) is 5.92 Å². The van der Waals surface area contributed by atoms with E-state index in [1.165, 1.54) is 5.56 Å². The van der Waals surface area contributed by atoms with Gasteiger partial charge < -0.3 is 9.64 Å². The molecule has 0 bridgehead atoms. The minimum Gasteiger partial charge on any atom is -0.497 e. The Labute approximate surface area is 115 Å². The van der Waals surface area contributed by atoms with Crippen molar-refractivity contribution in [3.63, 3.8) is 0 Å². The molecular weight excluding hydrogens is 238 g/mol. The van der Waals surface area contributed by atoms with Gasteiger partial charge in [-0.2, -0.15) is 0 Å². The molecule has 0 radical (unpaired) electrons. The summed E-state index contributed by atoms with van der Waals surface area (Å²) in [4.78, 5) is 13.7. The number of carbonyl (C=O) groups is 1. The summed E-state index contributed by atoms with van der Waals surface area (Å²) in [6.45, 7) is 0. The minimum atomic E-state index is 0.388. The maximum atomic E-state index is 11.4. The number of benzene rings is 1. The zero-order valence-corrected chi connectivity index (χ0v) is 12.1. The molecule has 0 aliphatic heterocycles. The van der Waals surface area contributed by atoms with E-state index in [1.807, 2.05) is 12.1 Å². The van der Waals surface area contributed by atoms with Gasteiger partial charge in [-0.1, -0.05) is 12.1 Å².